The second kappa shape index (κ2) is 16.8. The highest BCUT2D eigenvalue weighted by Crippen LogP contribution is 2.55. The molecule has 0 amide bonds. The summed E-state index contributed by atoms with van der Waals surface area (Å²) in [6, 6.07) is 104. The molecular weight excluding hydrogens is 918 g/mol. The zero-order valence-corrected chi connectivity index (χ0v) is 41.5. The molecule has 13 aromatic rings. The van der Waals surface area contributed by atoms with Gasteiger partial charge in [0.1, 0.15) is 0 Å². The van der Waals surface area contributed by atoms with Gasteiger partial charge in [-0.2, -0.15) is 0 Å². The first-order chi connectivity index (χ1) is 37.7. The fraction of sp³-hybridized carbons (Fsp3) is 0. The molecule has 0 radical (unpaired) electrons. The van der Waals surface area contributed by atoms with Gasteiger partial charge in [0.2, 0.25) is 0 Å². The van der Waals surface area contributed by atoms with Gasteiger partial charge in [0.25, 0.3) is 6.71 Å². The lowest BCUT2D eigenvalue weighted by Crippen LogP contribution is -2.61. The molecule has 1 aromatic heterocycles. The molecule has 3 aliphatic heterocycles. The van der Waals surface area contributed by atoms with E-state index in [1.165, 1.54) is 122 Å². The Kier molecular flexibility index (Phi) is 9.43. The summed E-state index contributed by atoms with van der Waals surface area (Å²) in [4.78, 5) is 5.21. The molecule has 16 rings (SSSR count). The van der Waals surface area contributed by atoms with Crippen LogP contribution in [-0.2, 0) is 0 Å². The molecule has 0 spiro atoms. The number of nitrogens with zero attached hydrogens (tertiary/aromatic N) is 3. The lowest BCUT2D eigenvalue weighted by atomic mass is 9.33. The first-order valence-electron chi connectivity index (χ1n) is 26.4. The van der Waals surface area contributed by atoms with Crippen molar-refractivity contribution in [3.05, 3.63) is 279 Å². The second-order valence-electron chi connectivity index (χ2n) is 20.4. The van der Waals surface area contributed by atoms with E-state index >= 15 is 0 Å². The Balaban J connectivity index is 1.07. The smallest absolute Gasteiger partial charge is 0.252 e. The topological polar surface area (TPSA) is 11.4 Å². The summed E-state index contributed by atoms with van der Waals surface area (Å²) in [5, 5.41) is 2.47. The van der Waals surface area contributed by atoms with E-state index in [1.807, 2.05) is 0 Å². The minimum absolute atomic E-state index is 0.137. The predicted octanol–water partition coefficient (Wildman–Crippen LogP) is 17.2. The quantitative estimate of drug-likeness (QED) is 0.154. The first kappa shape index (κ1) is 42.6. The van der Waals surface area contributed by atoms with Crippen LogP contribution in [0.4, 0.5) is 34.1 Å². The molecule has 3 aliphatic rings. The molecule has 352 valence electrons. The SMILES string of the molecule is c1ccc(-c2ccc(N3c4ccc(-c5ccccc5)cc4B4c5cc(-c6ccccc6)cc6c5N(c5ccc(-c7ccccc7)cc5-c5ccccc5-6)c5cc(-n6c7ccccc7c7ccccc76)cc3c54)cc2)cc1. The Labute approximate surface area is 442 Å². The molecule has 0 bridgehead atoms. The molecule has 12 aromatic carbocycles. The van der Waals surface area contributed by atoms with Gasteiger partial charge in [0, 0.05) is 50.3 Å². The number of fused-ring (bicyclic) bond motifs is 12. The van der Waals surface area contributed by atoms with Crippen LogP contribution in [0.15, 0.2) is 279 Å². The van der Waals surface area contributed by atoms with Crippen LogP contribution in [0, 0.1) is 0 Å². The van der Waals surface area contributed by atoms with Crippen LogP contribution in [0.3, 0.4) is 0 Å². The molecule has 0 saturated heterocycles. The first-order valence-corrected chi connectivity index (χ1v) is 26.4. The zero-order valence-electron chi connectivity index (χ0n) is 41.5. The molecule has 4 heteroatoms. The van der Waals surface area contributed by atoms with Crippen molar-refractivity contribution in [3.63, 3.8) is 0 Å². The molecule has 4 heterocycles. The average Bonchev–Trinajstić information content (AvgIpc) is 3.97. The van der Waals surface area contributed by atoms with Crippen LogP contribution in [0.5, 0.6) is 0 Å². The fourth-order valence-electron chi connectivity index (χ4n) is 12.9. The highest BCUT2D eigenvalue weighted by atomic mass is 15.2. The summed E-state index contributed by atoms with van der Waals surface area (Å²) in [6.07, 6.45) is 0. The zero-order chi connectivity index (χ0) is 49.8. The van der Waals surface area contributed by atoms with Gasteiger partial charge < -0.3 is 14.4 Å². The number of rotatable bonds is 6. The summed E-state index contributed by atoms with van der Waals surface area (Å²) in [5.74, 6) is 0. The standard InChI is InChI=1S/C72H46BN3/c1-5-19-47(20-6-1)51-33-37-55(38-34-51)74-68-40-36-53(49-23-9-3-10-24-49)43-63(68)73-64-44-54(50-25-11-4-12-26-50)42-62-58-28-14-13-27-57(58)61-41-52(48-21-7-2-8-22-48)35-39-67(61)76(72(62)64)70-46-56(45-69(74)71(70)73)75-65-31-17-15-29-59(65)60-30-16-18-32-66(60)75/h1-46H. The normalized spacial score (nSPS) is 12.7. The number of anilines is 6. The number of para-hydroxylation sites is 2. The average molecular weight is 964 g/mol. The van der Waals surface area contributed by atoms with Gasteiger partial charge in [-0.15, -0.1) is 0 Å². The molecule has 0 N–H and O–H groups in total. The van der Waals surface area contributed by atoms with Crippen molar-refractivity contribution in [1.29, 1.82) is 0 Å². The third kappa shape index (κ3) is 6.44. The van der Waals surface area contributed by atoms with E-state index in [9.17, 15) is 0 Å². The summed E-state index contributed by atoms with van der Waals surface area (Å²) in [7, 11) is 0. The van der Waals surface area contributed by atoms with Crippen LogP contribution < -0.4 is 26.2 Å². The highest BCUT2D eigenvalue weighted by molar-refractivity contribution is 7.00. The molecule has 0 fully saturated rings. The van der Waals surface area contributed by atoms with E-state index in [4.69, 9.17) is 0 Å². The third-order valence-electron chi connectivity index (χ3n) is 16.3. The van der Waals surface area contributed by atoms with Gasteiger partial charge in [0.15, 0.2) is 0 Å². The summed E-state index contributed by atoms with van der Waals surface area (Å²) < 4.78 is 2.50. The summed E-state index contributed by atoms with van der Waals surface area (Å²) in [6.45, 7) is -0.137. The second-order valence-corrected chi connectivity index (χ2v) is 20.4. The molecular formula is C72H46BN3. The van der Waals surface area contributed by atoms with Gasteiger partial charge in [0.05, 0.1) is 22.4 Å². The summed E-state index contributed by atoms with van der Waals surface area (Å²) in [5.41, 5.74) is 28.7. The molecule has 0 atom stereocenters. The van der Waals surface area contributed by atoms with E-state index in [0.29, 0.717) is 0 Å². The van der Waals surface area contributed by atoms with E-state index < -0.39 is 0 Å². The number of aromatic nitrogens is 1. The fourth-order valence-corrected chi connectivity index (χ4v) is 12.9. The van der Waals surface area contributed by atoms with Crippen LogP contribution >= 0.6 is 0 Å². The van der Waals surface area contributed by atoms with Crippen LogP contribution in [0.1, 0.15) is 0 Å². The van der Waals surface area contributed by atoms with Gasteiger partial charge >= 0.3 is 0 Å². The summed E-state index contributed by atoms with van der Waals surface area (Å²) >= 11 is 0. The van der Waals surface area contributed by atoms with E-state index in [2.05, 4.69) is 293 Å². The van der Waals surface area contributed by atoms with Gasteiger partial charge in [-0.25, -0.2) is 0 Å². The minimum atomic E-state index is -0.137. The van der Waals surface area contributed by atoms with Crippen LogP contribution in [-0.4, -0.2) is 11.3 Å². The minimum Gasteiger partial charge on any atom is -0.311 e. The third-order valence-corrected chi connectivity index (χ3v) is 16.3. The van der Waals surface area contributed by atoms with Crippen molar-refractivity contribution in [2.24, 2.45) is 0 Å². The van der Waals surface area contributed by atoms with Crippen molar-refractivity contribution in [3.8, 4) is 72.4 Å². The predicted molar refractivity (Wildman–Crippen MR) is 321 cm³/mol. The van der Waals surface area contributed by atoms with Crippen molar-refractivity contribution < 1.29 is 0 Å². The van der Waals surface area contributed by atoms with Crippen molar-refractivity contribution in [1.82, 2.24) is 4.57 Å². The Morgan fingerprint density at radius 1 is 0.250 bits per heavy atom. The van der Waals surface area contributed by atoms with Crippen molar-refractivity contribution >= 4 is 79.0 Å². The molecule has 0 aliphatic carbocycles. The molecule has 0 saturated carbocycles. The Bertz CT molecular complexity index is 4400. The Morgan fingerprint density at radius 3 is 1.29 bits per heavy atom. The van der Waals surface area contributed by atoms with Gasteiger partial charge in [-0.3, -0.25) is 0 Å². The number of hydrogen-bond donors (Lipinski definition) is 0. The molecule has 0 unspecified atom stereocenters. The molecule has 76 heavy (non-hydrogen) atoms. The van der Waals surface area contributed by atoms with E-state index in [0.717, 1.165) is 22.7 Å². The largest absolute Gasteiger partial charge is 0.311 e. The van der Waals surface area contributed by atoms with Crippen LogP contribution in [0.2, 0.25) is 0 Å². The number of benzene rings is 12. The maximum atomic E-state index is 2.65. The lowest BCUT2D eigenvalue weighted by molar-refractivity contribution is 1.16. The lowest BCUT2D eigenvalue weighted by Gasteiger charge is -2.45. The van der Waals surface area contributed by atoms with Gasteiger partial charge in [-0.1, -0.05) is 218 Å². The molecule has 3 nitrogen and oxygen atoms in total. The van der Waals surface area contributed by atoms with Crippen molar-refractivity contribution in [2.75, 3.05) is 9.80 Å². The number of hydrogen-bond acceptors (Lipinski definition) is 2. The Morgan fingerprint density at radius 2 is 0.684 bits per heavy atom. The maximum absolute atomic E-state index is 2.65. The van der Waals surface area contributed by atoms with E-state index in [-0.39, 0.29) is 6.71 Å². The Hall–Kier alpha value is -9.90. The van der Waals surface area contributed by atoms with E-state index in [1.54, 1.807) is 0 Å². The highest BCUT2D eigenvalue weighted by Gasteiger charge is 2.46. The van der Waals surface area contributed by atoms with Crippen LogP contribution in [0.25, 0.3) is 94.3 Å². The van der Waals surface area contributed by atoms with Crippen molar-refractivity contribution in [2.45, 2.75) is 0 Å². The van der Waals surface area contributed by atoms with Gasteiger partial charge in [-0.05, 0) is 133 Å². The monoisotopic (exact) mass is 963 g/mol. The maximum Gasteiger partial charge on any atom is 0.252 e.